The van der Waals surface area contributed by atoms with Crippen molar-refractivity contribution in [2.45, 2.75) is 44.9 Å². The molecular formula is C9H17Fe-. The van der Waals surface area contributed by atoms with E-state index >= 15 is 0 Å². The monoisotopic (exact) mass is 181 g/mol. The van der Waals surface area contributed by atoms with Crippen LogP contribution in [0.5, 0.6) is 0 Å². The van der Waals surface area contributed by atoms with Gasteiger partial charge in [-0.1, -0.05) is 38.5 Å². The summed E-state index contributed by atoms with van der Waals surface area (Å²) < 4.78 is 0. The number of hydrogen-bond donors (Lipinski definition) is 0. The minimum Gasteiger partial charge on any atom is -0.343 e. The fraction of sp³-hybridized carbons (Fsp3) is 0.889. The van der Waals surface area contributed by atoms with Gasteiger partial charge in [-0.3, -0.25) is 0 Å². The van der Waals surface area contributed by atoms with Gasteiger partial charge in [-0.15, -0.1) is 0 Å². The smallest absolute Gasteiger partial charge is 0 e. The van der Waals surface area contributed by atoms with Gasteiger partial charge in [0.15, 0.2) is 0 Å². The van der Waals surface area contributed by atoms with E-state index in [4.69, 9.17) is 0 Å². The molecule has 62 valence electrons. The molecule has 0 heterocycles. The average molecular weight is 181 g/mol. The van der Waals surface area contributed by atoms with Crippen LogP contribution in [-0.2, 0) is 17.1 Å². The van der Waals surface area contributed by atoms with E-state index in [0.717, 1.165) is 12.3 Å². The predicted molar refractivity (Wildman–Crippen MR) is 41.2 cm³/mol. The molecule has 0 aromatic heterocycles. The van der Waals surface area contributed by atoms with Crippen LogP contribution in [0.4, 0.5) is 0 Å². The summed E-state index contributed by atoms with van der Waals surface area (Å²) in [5.41, 5.74) is 0. The maximum atomic E-state index is 3.88. The van der Waals surface area contributed by atoms with Crippen molar-refractivity contribution in [1.29, 1.82) is 0 Å². The Labute approximate surface area is 75.2 Å². The zero-order valence-electron chi connectivity index (χ0n) is 6.59. The first kappa shape index (κ1) is 10.5. The van der Waals surface area contributed by atoms with Crippen LogP contribution in [-0.4, -0.2) is 0 Å². The van der Waals surface area contributed by atoms with Gasteiger partial charge in [0.1, 0.15) is 0 Å². The van der Waals surface area contributed by atoms with Crippen LogP contribution in [0.1, 0.15) is 44.9 Å². The normalized spacial score (nSPS) is 20.1. The molecule has 1 saturated carbocycles. The van der Waals surface area contributed by atoms with Crippen LogP contribution in [0, 0.1) is 12.8 Å². The van der Waals surface area contributed by atoms with Gasteiger partial charge in [-0.05, 0) is 5.92 Å². The summed E-state index contributed by atoms with van der Waals surface area (Å²) in [6, 6.07) is 0. The third-order valence-corrected chi connectivity index (χ3v) is 2.34. The Morgan fingerprint density at radius 2 is 1.70 bits per heavy atom. The third-order valence-electron chi connectivity index (χ3n) is 2.34. The summed E-state index contributed by atoms with van der Waals surface area (Å²) in [7, 11) is 0. The Balaban J connectivity index is 0.000000810. The molecule has 0 N–H and O–H groups in total. The minimum atomic E-state index is 0. The van der Waals surface area contributed by atoms with Crippen molar-refractivity contribution < 1.29 is 17.1 Å². The first-order chi connectivity index (χ1) is 4.43. The van der Waals surface area contributed by atoms with Crippen LogP contribution >= 0.6 is 0 Å². The summed E-state index contributed by atoms with van der Waals surface area (Å²) >= 11 is 0. The quantitative estimate of drug-likeness (QED) is 0.453. The Morgan fingerprint density at radius 3 is 2.20 bits per heavy atom. The second kappa shape index (κ2) is 6.24. The molecule has 0 aliphatic heterocycles. The minimum absolute atomic E-state index is 0. The first-order valence-electron chi connectivity index (χ1n) is 4.22. The molecule has 0 saturated heterocycles. The van der Waals surface area contributed by atoms with Crippen molar-refractivity contribution >= 4 is 0 Å². The van der Waals surface area contributed by atoms with Gasteiger partial charge in [0.05, 0.1) is 0 Å². The Hall–Kier alpha value is 0.519. The molecule has 0 spiro atoms. The molecule has 0 aromatic rings. The first-order valence-corrected chi connectivity index (χ1v) is 4.22. The number of rotatable bonds is 2. The van der Waals surface area contributed by atoms with Crippen LogP contribution in [0.15, 0.2) is 0 Å². The van der Waals surface area contributed by atoms with Crippen molar-refractivity contribution in [2.24, 2.45) is 5.92 Å². The fourth-order valence-electron chi connectivity index (χ4n) is 1.76. The van der Waals surface area contributed by atoms with E-state index in [0.29, 0.717) is 0 Å². The molecule has 1 fully saturated rings. The van der Waals surface area contributed by atoms with Crippen LogP contribution < -0.4 is 0 Å². The van der Waals surface area contributed by atoms with E-state index in [1.54, 1.807) is 0 Å². The molecule has 1 heteroatoms. The molecule has 0 nitrogen and oxygen atoms in total. The predicted octanol–water partition coefficient (Wildman–Crippen LogP) is 3.18. The van der Waals surface area contributed by atoms with Crippen molar-refractivity contribution in [3.8, 4) is 0 Å². The zero-order chi connectivity index (χ0) is 6.53. The van der Waals surface area contributed by atoms with Crippen molar-refractivity contribution in [1.82, 2.24) is 0 Å². The molecule has 10 heavy (non-hydrogen) atoms. The SMILES string of the molecule is [CH2-]CCC1CCCCC1.[Fe]. The molecule has 1 rings (SSSR count). The van der Waals surface area contributed by atoms with E-state index in [2.05, 4.69) is 6.92 Å². The van der Waals surface area contributed by atoms with Crippen LogP contribution in [0.25, 0.3) is 0 Å². The third kappa shape index (κ3) is 3.63. The average Bonchev–Trinajstić information content (AvgIpc) is 1.91. The summed E-state index contributed by atoms with van der Waals surface area (Å²) in [5.74, 6) is 1.04. The molecule has 0 unspecified atom stereocenters. The standard InChI is InChI=1S/C9H17.Fe/c1-2-6-9-7-4-3-5-8-9;/h9H,1-8H2;/q-1;. The van der Waals surface area contributed by atoms with Crippen LogP contribution in [0.2, 0.25) is 0 Å². The van der Waals surface area contributed by atoms with E-state index in [1.807, 2.05) is 0 Å². The fourth-order valence-corrected chi connectivity index (χ4v) is 1.76. The molecule has 1 aliphatic rings. The topological polar surface area (TPSA) is 0 Å². The second-order valence-corrected chi connectivity index (χ2v) is 3.15. The van der Waals surface area contributed by atoms with E-state index < -0.39 is 0 Å². The van der Waals surface area contributed by atoms with E-state index in [9.17, 15) is 0 Å². The molecule has 0 bridgehead atoms. The maximum Gasteiger partial charge on any atom is 0 e. The largest absolute Gasteiger partial charge is 0.343 e. The van der Waals surface area contributed by atoms with E-state index in [1.165, 1.54) is 38.5 Å². The zero-order valence-corrected chi connectivity index (χ0v) is 7.69. The van der Waals surface area contributed by atoms with Gasteiger partial charge < -0.3 is 6.92 Å². The Bertz CT molecular complexity index is 62.4. The number of hydrogen-bond acceptors (Lipinski definition) is 0. The molecule has 0 radical (unpaired) electrons. The van der Waals surface area contributed by atoms with Gasteiger partial charge >= 0.3 is 0 Å². The molecule has 0 atom stereocenters. The van der Waals surface area contributed by atoms with Gasteiger partial charge in [-0.2, -0.15) is 6.42 Å². The van der Waals surface area contributed by atoms with Gasteiger partial charge in [0.2, 0.25) is 0 Å². The van der Waals surface area contributed by atoms with Crippen LogP contribution in [0.3, 0.4) is 0 Å². The van der Waals surface area contributed by atoms with Crippen molar-refractivity contribution in [2.75, 3.05) is 0 Å². The molecule has 1 aliphatic carbocycles. The summed E-state index contributed by atoms with van der Waals surface area (Å²) in [6.07, 6.45) is 9.92. The van der Waals surface area contributed by atoms with Gasteiger partial charge in [0, 0.05) is 17.1 Å². The van der Waals surface area contributed by atoms with Gasteiger partial charge in [-0.25, -0.2) is 0 Å². The van der Waals surface area contributed by atoms with Crippen molar-refractivity contribution in [3.63, 3.8) is 0 Å². The summed E-state index contributed by atoms with van der Waals surface area (Å²) in [5, 5.41) is 0. The van der Waals surface area contributed by atoms with Gasteiger partial charge in [0.25, 0.3) is 0 Å². The molecule has 0 aromatic carbocycles. The second-order valence-electron chi connectivity index (χ2n) is 3.15. The maximum absolute atomic E-state index is 3.88. The summed E-state index contributed by atoms with van der Waals surface area (Å²) in [6.45, 7) is 3.88. The Kier molecular flexibility index (Phi) is 6.57. The molecular weight excluding hydrogens is 164 g/mol. The Morgan fingerprint density at radius 1 is 1.10 bits per heavy atom. The van der Waals surface area contributed by atoms with E-state index in [-0.39, 0.29) is 17.1 Å². The molecule has 0 amide bonds. The summed E-state index contributed by atoms with van der Waals surface area (Å²) in [4.78, 5) is 0. The van der Waals surface area contributed by atoms with Crippen molar-refractivity contribution in [3.05, 3.63) is 6.92 Å².